The lowest BCUT2D eigenvalue weighted by molar-refractivity contribution is -0.144. The molecule has 5 amide bonds. The number of urea groups is 1. The second kappa shape index (κ2) is 16.1. The highest BCUT2D eigenvalue weighted by Gasteiger charge is 2.48. The van der Waals surface area contributed by atoms with Gasteiger partial charge in [-0.25, -0.2) is 13.2 Å². The van der Waals surface area contributed by atoms with Crippen LogP contribution in [0.3, 0.4) is 0 Å². The van der Waals surface area contributed by atoms with E-state index in [1.54, 1.807) is 25.7 Å². The Kier molecular flexibility index (Phi) is 13.0. The Morgan fingerprint density at radius 2 is 1.49 bits per heavy atom. The van der Waals surface area contributed by atoms with Gasteiger partial charge in [-0.15, -0.1) is 0 Å². The topological polar surface area (TPSA) is 171 Å². The first-order valence-corrected chi connectivity index (χ1v) is 21.0. The summed E-state index contributed by atoms with van der Waals surface area (Å²) < 4.78 is 25.7. The predicted molar refractivity (Wildman–Crippen MR) is 197 cm³/mol. The highest BCUT2D eigenvalue weighted by atomic mass is 32.2. The van der Waals surface area contributed by atoms with Gasteiger partial charge in [0.1, 0.15) is 12.1 Å². The van der Waals surface area contributed by atoms with Crippen LogP contribution in [0.15, 0.2) is 0 Å². The minimum atomic E-state index is -3.56. The van der Waals surface area contributed by atoms with Crippen LogP contribution in [0.25, 0.3) is 0 Å². The quantitative estimate of drug-likeness (QED) is 0.181. The molecule has 4 fully saturated rings. The highest BCUT2D eigenvalue weighted by molar-refractivity contribution is 7.92. The SMILES string of the molecule is CC(C)C[C@H]1CCN(C(=O)[C@@H](NC(=O)NC2(CS(=O)(=O)C(C)(C)C)CCCCC2)C(C)(C)C)[C@@H]1C(=O)N[C@@H](CCC1CC1)C(=O)C(=O)NC1CC1. The van der Waals surface area contributed by atoms with Crippen LogP contribution in [0.2, 0.25) is 0 Å². The smallest absolute Gasteiger partial charge is 0.315 e. The van der Waals surface area contributed by atoms with Gasteiger partial charge in [0.2, 0.25) is 17.6 Å². The molecule has 3 aliphatic carbocycles. The number of carbonyl (C=O) groups excluding carboxylic acids is 5. The fourth-order valence-corrected chi connectivity index (χ4v) is 9.15. The molecule has 0 aromatic rings. The number of likely N-dealkylation sites (tertiary alicyclic amines) is 1. The fourth-order valence-electron chi connectivity index (χ4n) is 7.63. The monoisotopic (exact) mass is 735 g/mol. The van der Waals surface area contributed by atoms with Crippen LogP contribution in [0.5, 0.6) is 0 Å². The van der Waals surface area contributed by atoms with E-state index in [9.17, 15) is 32.4 Å². The average Bonchev–Trinajstić information content (AvgIpc) is 3.95. The fraction of sp³-hybridized carbons (Fsp3) is 0.868. The third kappa shape index (κ3) is 11.2. The summed E-state index contributed by atoms with van der Waals surface area (Å²) in [6, 6.07) is -3.48. The van der Waals surface area contributed by atoms with Gasteiger partial charge in [0.15, 0.2) is 9.84 Å². The normalized spacial score (nSPS) is 23.7. The molecule has 290 valence electrons. The van der Waals surface area contributed by atoms with Crippen molar-refractivity contribution in [1.82, 2.24) is 26.2 Å². The molecule has 4 rings (SSSR count). The number of rotatable bonds is 15. The van der Waals surface area contributed by atoms with Gasteiger partial charge in [0.05, 0.1) is 22.1 Å². The molecule has 0 radical (unpaired) electrons. The number of ketones is 1. The van der Waals surface area contributed by atoms with Crippen molar-refractivity contribution in [2.24, 2.45) is 23.2 Å². The van der Waals surface area contributed by atoms with E-state index in [-0.39, 0.29) is 23.6 Å². The van der Waals surface area contributed by atoms with E-state index in [0.717, 1.165) is 51.4 Å². The molecule has 0 aromatic heterocycles. The molecule has 0 spiro atoms. The minimum Gasteiger partial charge on any atom is -0.347 e. The molecule has 1 aliphatic heterocycles. The van der Waals surface area contributed by atoms with E-state index >= 15 is 0 Å². The summed E-state index contributed by atoms with van der Waals surface area (Å²) in [5.41, 5.74) is -1.71. The van der Waals surface area contributed by atoms with Gasteiger partial charge in [-0.3, -0.25) is 19.2 Å². The van der Waals surface area contributed by atoms with E-state index in [1.807, 2.05) is 20.8 Å². The van der Waals surface area contributed by atoms with Crippen molar-refractivity contribution in [2.75, 3.05) is 12.3 Å². The lowest BCUT2D eigenvalue weighted by Gasteiger charge is -2.41. The molecule has 4 atom stereocenters. The predicted octanol–water partition coefficient (Wildman–Crippen LogP) is 4.40. The van der Waals surface area contributed by atoms with Crippen molar-refractivity contribution >= 4 is 39.4 Å². The van der Waals surface area contributed by atoms with Crippen molar-refractivity contribution in [3.63, 3.8) is 0 Å². The number of amides is 5. The highest BCUT2D eigenvalue weighted by Crippen LogP contribution is 2.36. The van der Waals surface area contributed by atoms with Crippen molar-refractivity contribution < 1.29 is 32.4 Å². The van der Waals surface area contributed by atoms with Crippen LogP contribution >= 0.6 is 0 Å². The molecule has 0 unspecified atom stereocenters. The second-order valence-corrected chi connectivity index (χ2v) is 21.2. The summed E-state index contributed by atoms with van der Waals surface area (Å²) in [7, 11) is -3.56. The maximum Gasteiger partial charge on any atom is 0.315 e. The molecule has 1 heterocycles. The summed E-state index contributed by atoms with van der Waals surface area (Å²) in [4.78, 5) is 70.3. The first-order valence-electron chi connectivity index (χ1n) is 19.4. The van der Waals surface area contributed by atoms with Gasteiger partial charge >= 0.3 is 6.03 Å². The van der Waals surface area contributed by atoms with E-state index in [0.29, 0.717) is 44.6 Å². The van der Waals surface area contributed by atoms with Crippen LogP contribution in [-0.4, -0.2) is 89.6 Å². The number of Topliss-reactive ketones (excluding diaryl/α,β-unsaturated/α-hetero) is 1. The summed E-state index contributed by atoms with van der Waals surface area (Å²) in [5, 5.41) is 11.6. The van der Waals surface area contributed by atoms with Crippen LogP contribution in [0.1, 0.15) is 139 Å². The zero-order valence-corrected chi connectivity index (χ0v) is 33.2. The Bertz CT molecular complexity index is 1400. The number of nitrogens with one attached hydrogen (secondary N) is 4. The number of carbonyl (C=O) groups is 5. The third-order valence-electron chi connectivity index (χ3n) is 11.2. The molecular formula is C38H65N5O7S. The van der Waals surface area contributed by atoms with E-state index in [2.05, 4.69) is 35.1 Å². The van der Waals surface area contributed by atoms with Gasteiger partial charge in [-0.1, -0.05) is 66.7 Å². The molecule has 51 heavy (non-hydrogen) atoms. The zero-order valence-electron chi connectivity index (χ0n) is 32.4. The minimum absolute atomic E-state index is 0.00881. The third-order valence-corrected chi connectivity index (χ3v) is 14.0. The maximum absolute atomic E-state index is 14.6. The molecular weight excluding hydrogens is 671 g/mol. The van der Waals surface area contributed by atoms with Gasteiger partial charge < -0.3 is 26.2 Å². The van der Waals surface area contributed by atoms with Crippen molar-refractivity contribution in [3.05, 3.63) is 0 Å². The Labute approximate surface area is 306 Å². The van der Waals surface area contributed by atoms with Crippen molar-refractivity contribution in [3.8, 4) is 0 Å². The Morgan fingerprint density at radius 1 is 0.863 bits per heavy atom. The number of hydrogen-bond donors (Lipinski definition) is 4. The average molecular weight is 736 g/mol. The number of sulfone groups is 1. The molecule has 13 heteroatoms. The van der Waals surface area contributed by atoms with E-state index in [4.69, 9.17) is 0 Å². The molecule has 0 aromatic carbocycles. The Hall–Kier alpha value is -2.70. The molecule has 4 aliphatic rings. The lowest BCUT2D eigenvalue weighted by atomic mass is 9.83. The van der Waals surface area contributed by atoms with Gasteiger partial charge in [-0.05, 0) is 95.3 Å². The van der Waals surface area contributed by atoms with Crippen LogP contribution in [-0.2, 0) is 29.0 Å². The Morgan fingerprint density at radius 3 is 2.02 bits per heavy atom. The van der Waals surface area contributed by atoms with Gasteiger partial charge in [-0.2, -0.15) is 0 Å². The summed E-state index contributed by atoms with van der Waals surface area (Å²) in [6.45, 7) is 15.0. The van der Waals surface area contributed by atoms with Gasteiger partial charge in [0.25, 0.3) is 5.91 Å². The van der Waals surface area contributed by atoms with E-state index in [1.165, 1.54) is 0 Å². The zero-order chi connectivity index (χ0) is 37.9. The molecule has 3 saturated carbocycles. The maximum atomic E-state index is 14.6. The molecule has 4 N–H and O–H groups in total. The number of hydrogen-bond acceptors (Lipinski definition) is 7. The van der Waals surface area contributed by atoms with Crippen molar-refractivity contribution in [2.45, 2.75) is 173 Å². The number of nitrogens with zero attached hydrogens (tertiary/aromatic N) is 1. The van der Waals surface area contributed by atoms with E-state index < -0.39 is 73.2 Å². The first-order chi connectivity index (χ1) is 23.6. The second-order valence-electron chi connectivity index (χ2n) is 18.5. The van der Waals surface area contributed by atoms with Crippen LogP contribution < -0.4 is 21.3 Å². The Balaban J connectivity index is 1.55. The largest absolute Gasteiger partial charge is 0.347 e. The summed E-state index contributed by atoms with van der Waals surface area (Å²) in [6.07, 6.45) is 9.77. The molecule has 12 nitrogen and oxygen atoms in total. The van der Waals surface area contributed by atoms with Gasteiger partial charge in [0, 0.05) is 12.6 Å². The summed E-state index contributed by atoms with van der Waals surface area (Å²) >= 11 is 0. The summed E-state index contributed by atoms with van der Waals surface area (Å²) in [5.74, 6) is -1.80. The molecule has 0 bridgehead atoms. The first kappa shape index (κ1) is 41.1. The van der Waals surface area contributed by atoms with Crippen molar-refractivity contribution in [1.29, 1.82) is 0 Å². The standard InChI is InChI=1S/C38H65N5O7S/c1-24(2)22-26-18-21-43(29(26)32(45)40-28(17-14-25-12-13-25)30(44)33(46)39-27-15-16-27)34(47)31(36(3,4)5)41-35(48)42-38(19-10-9-11-20-38)23-51(49,50)37(6,7)8/h24-29,31H,9-23H2,1-8H3,(H,39,46)(H,40,45)(H2,41,42,48)/t26-,28+,29+,31-/m1/s1. The lowest BCUT2D eigenvalue weighted by Crippen LogP contribution is -2.64. The van der Waals surface area contributed by atoms with Crippen LogP contribution in [0.4, 0.5) is 4.79 Å². The molecule has 1 saturated heterocycles. The van der Waals surface area contributed by atoms with Crippen LogP contribution in [0, 0.1) is 23.2 Å².